The maximum atomic E-state index is 10.5. The molecule has 2 N–H and O–H groups in total. The predicted molar refractivity (Wildman–Crippen MR) is 95.6 cm³/mol. The number of furan rings is 1. The van der Waals surface area contributed by atoms with E-state index in [1.54, 1.807) is 6.92 Å². The first-order chi connectivity index (χ1) is 12.0. The fourth-order valence-corrected chi connectivity index (χ4v) is 2.93. The van der Waals surface area contributed by atoms with Crippen molar-refractivity contribution in [3.8, 4) is 5.75 Å². The van der Waals surface area contributed by atoms with Crippen molar-refractivity contribution < 1.29 is 19.0 Å². The van der Waals surface area contributed by atoms with Gasteiger partial charge in [0.2, 0.25) is 0 Å². The second-order valence-corrected chi connectivity index (χ2v) is 6.88. The Morgan fingerprint density at radius 1 is 1.24 bits per heavy atom. The van der Waals surface area contributed by atoms with Crippen molar-refractivity contribution in [1.82, 2.24) is 5.32 Å². The molecular weight excluding hydrogens is 318 g/mol. The lowest BCUT2D eigenvalue weighted by Crippen LogP contribution is -2.34. The van der Waals surface area contributed by atoms with Crippen LogP contribution in [0.5, 0.6) is 5.75 Å². The maximum Gasteiger partial charge on any atom is 0.136 e. The van der Waals surface area contributed by atoms with E-state index in [1.807, 2.05) is 43.3 Å². The zero-order chi connectivity index (χ0) is 17.7. The van der Waals surface area contributed by atoms with Crippen molar-refractivity contribution >= 4 is 0 Å². The highest BCUT2D eigenvalue weighted by molar-refractivity contribution is 5.27. The molecule has 1 saturated heterocycles. The average Bonchev–Trinajstić information content (AvgIpc) is 3.26. The molecule has 25 heavy (non-hydrogen) atoms. The van der Waals surface area contributed by atoms with Crippen molar-refractivity contribution in [3.63, 3.8) is 0 Å². The molecule has 0 amide bonds. The quantitative estimate of drug-likeness (QED) is 0.769. The normalized spacial score (nSPS) is 19.7. The van der Waals surface area contributed by atoms with Gasteiger partial charge in [-0.2, -0.15) is 0 Å². The topological polar surface area (TPSA) is 63.9 Å². The number of aryl methyl sites for hydroxylation is 1. The van der Waals surface area contributed by atoms with Gasteiger partial charge in [0.15, 0.2) is 0 Å². The smallest absolute Gasteiger partial charge is 0.136 e. The lowest BCUT2D eigenvalue weighted by Gasteiger charge is -2.21. The maximum absolute atomic E-state index is 10.5. The van der Waals surface area contributed by atoms with Gasteiger partial charge in [0.05, 0.1) is 6.10 Å². The molecule has 1 aromatic heterocycles. The van der Waals surface area contributed by atoms with Gasteiger partial charge < -0.3 is 24.3 Å². The van der Waals surface area contributed by atoms with E-state index in [1.165, 1.54) is 0 Å². The van der Waals surface area contributed by atoms with Crippen LogP contribution in [0, 0.1) is 6.92 Å². The number of aliphatic hydroxyl groups is 1. The van der Waals surface area contributed by atoms with E-state index in [-0.39, 0.29) is 6.10 Å². The van der Waals surface area contributed by atoms with Gasteiger partial charge in [-0.05, 0) is 56.5 Å². The van der Waals surface area contributed by atoms with Crippen LogP contribution in [0.2, 0.25) is 0 Å². The van der Waals surface area contributed by atoms with Crippen LogP contribution in [0.25, 0.3) is 0 Å². The number of hydrogen-bond donors (Lipinski definition) is 2. The first-order valence-corrected chi connectivity index (χ1v) is 8.86. The zero-order valence-corrected chi connectivity index (χ0v) is 15.0. The number of hydrogen-bond acceptors (Lipinski definition) is 5. The third kappa shape index (κ3) is 5.08. The molecule has 1 aliphatic rings. The lowest BCUT2D eigenvalue weighted by atomic mass is 10.0. The van der Waals surface area contributed by atoms with Crippen LogP contribution in [0.1, 0.15) is 36.8 Å². The van der Waals surface area contributed by atoms with Crippen molar-refractivity contribution in [2.45, 2.75) is 44.9 Å². The molecule has 136 valence electrons. The van der Waals surface area contributed by atoms with Gasteiger partial charge in [0.25, 0.3) is 0 Å². The molecule has 1 fully saturated rings. The molecule has 0 spiro atoms. The minimum Gasteiger partial charge on any atom is -0.491 e. The summed E-state index contributed by atoms with van der Waals surface area (Å²) >= 11 is 0. The van der Waals surface area contributed by atoms with Gasteiger partial charge in [-0.25, -0.2) is 0 Å². The Bertz CT molecular complexity index is 657. The van der Waals surface area contributed by atoms with Crippen LogP contribution in [0.3, 0.4) is 0 Å². The largest absolute Gasteiger partial charge is 0.491 e. The van der Waals surface area contributed by atoms with E-state index < -0.39 is 5.60 Å². The van der Waals surface area contributed by atoms with Gasteiger partial charge in [-0.15, -0.1) is 0 Å². The Morgan fingerprint density at radius 3 is 2.68 bits per heavy atom. The molecule has 1 aliphatic heterocycles. The molecule has 5 heteroatoms. The molecule has 1 aromatic carbocycles. The molecular formula is C20H27NO4. The number of rotatable bonds is 8. The van der Waals surface area contributed by atoms with E-state index in [4.69, 9.17) is 13.9 Å². The van der Waals surface area contributed by atoms with E-state index in [9.17, 15) is 5.11 Å². The van der Waals surface area contributed by atoms with E-state index >= 15 is 0 Å². The van der Waals surface area contributed by atoms with Crippen molar-refractivity contribution in [2.24, 2.45) is 0 Å². The van der Waals surface area contributed by atoms with Gasteiger partial charge in [0, 0.05) is 19.7 Å². The minimum absolute atomic E-state index is 0.230. The molecule has 2 heterocycles. The summed E-state index contributed by atoms with van der Waals surface area (Å²) in [7, 11) is 0. The SMILES string of the molecule is Cc1ccc(C(C)(O)CNCc2ccc(OCC3CCCO3)cc2)o1. The van der Waals surface area contributed by atoms with E-state index in [2.05, 4.69) is 5.32 Å². The summed E-state index contributed by atoms with van der Waals surface area (Å²) in [5, 5.41) is 13.8. The fraction of sp³-hybridized carbons (Fsp3) is 0.500. The Hall–Kier alpha value is -1.82. The molecule has 2 aromatic rings. The van der Waals surface area contributed by atoms with Gasteiger partial charge in [-0.3, -0.25) is 0 Å². The first-order valence-electron chi connectivity index (χ1n) is 8.86. The van der Waals surface area contributed by atoms with Crippen LogP contribution < -0.4 is 10.1 Å². The third-order valence-electron chi connectivity index (χ3n) is 4.45. The van der Waals surface area contributed by atoms with Crippen LogP contribution in [0.15, 0.2) is 40.8 Å². The second-order valence-electron chi connectivity index (χ2n) is 6.88. The summed E-state index contributed by atoms with van der Waals surface area (Å²) in [5.74, 6) is 2.24. The molecule has 5 nitrogen and oxygen atoms in total. The number of nitrogens with one attached hydrogen (secondary N) is 1. The monoisotopic (exact) mass is 345 g/mol. The third-order valence-corrected chi connectivity index (χ3v) is 4.45. The van der Waals surface area contributed by atoms with Gasteiger partial charge in [-0.1, -0.05) is 12.1 Å². The van der Waals surface area contributed by atoms with Crippen LogP contribution in [-0.2, 0) is 16.9 Å². The summed E-state index contributed by atoms with van der Waals surface area (Å²) in [6, 6.07) is 11.7. The van der Waals surface area contributed by atoms with Crippen molar-refractivity contribution in [2.75, 3.05) is 19.8 Å². The van der Waals surface area contributed by atoms with Crippen LogP contribution in [0.4, 0.5) is 0 Å². The molecule has 0 aliphatic carbocycles. The van der Waals surface area contributed by atoms with Crippen molar-refractivity contribution in [3.05, 3.63) is 53.5 Å². The van der Waals surface area contributed by atoms with Crippen LogP contribution in [-0.4, -0.2) is 31.0 Å². The Kier molecular flexibility index (Phi) is 5.78. The highest BCUT2D eigenvalue weighted by atomic mass is 16.5. The Morgan fingerprint density at radius 2 is 2.04 bits per heavy atom. The van der Waals surface area contributed by atoms with Gasteiger partial charge >= 0.3 is 0 Å². The summed E-state index contributed by atoms with van der Waals surface area (Å²) in [4.78, 5) is 0. The molecule has 0 saturated carbocycles. The van der Waals surface area contributed by atoms with E-state index in [0.29, 0.717) is 25.5 Å². The summed E-state index contributed by atoms with van der Waals surface area (Å²) in [5.41, 5.74) is 0.106. The summed E-state index contributed by atoms with van der Waals surface area (Å²) in [6.45, 7) is 6.16. The number of benzene rings is 1. The molecule has 0 radical (unpaired) electrons. The second kappa shape index (κ2) is 8.04. The fourth-order valence-electron chi connectivity index (χ4n) is 2.93. The first kappa shape index (κ1) is 18.0. The standard InChI is InChI=1S/C20H27NO4/c1-15-5-10-19(25-15)20(2,22)14-21-12-16-6-8-17(9-7-16)24-13-18-4-3-11-23-18/h5-10,18,21-22H,3-4,11-14H2,1-2H3. The highest BCUT2D eigenvalue weighted by Gasteiger charge is 2.26. The molecule has 0 bridgehead atoms. The van der Waals surface area contributed by atoms with Crippen LogP contribution >= 0.6 is 0 Å². The molecule has 2 unspecified atom stereocenters. The number of ether oxygens (including phenoxy) is 2. The summed E-state index contributed by atoms with van der Waals surface area (Å²) < 4.78 is 16.8. The molecule has 2 atom stereocenters. The molecule has 3 rings (SSSR count). The zero-order valence-electron chi connectivity index (χ0n) is 15.0. The van der Waals surface area contributed by atoms with E-state index in [0.717, 1.165) is 36.5 Å². The average molecular weight is 345 g/mol. The Labute approximate surface area is 148 Å². The lowest BCUT2D eigenvalue weighted by molar-refractivity contribution is 0.0333. The minimum atomic E-state index is -1.03. The highest BCUT2D eigenvalue weighted by Crippen LogP contribution is 2.22. The Balaban J connectivity index is 1.43. The van der Waals surface area contributed by atoms with Gasteiger partial charge in [0.1, 0.15) is 29.5 Å². The summed E-state index contributed by atoms with van der Waals surface area (Å²) in [6.07, 6.45) is 2.44. The van der Waals surface area contributed by atoms with Crippen molar-refractivity contribution in [1.29, 1.82) is 0 Å². The predicted octanol–water partition coefficient (Wildman–Crippen LogP) is 3.14.